The monoisotopic (exact) mass is 250 g/mol. The first kappa shape index (κ1) is 13.6. The van der Waals surface area contributed by atoms with E-state index in [1.54, 1.807) is 6.26 Å². The minimum atomic E-state index is 0.160. The van der Waals surface area contributed by atoms with Gasteiger partial charge in [0, 0.05) is 11.6 Å². The molecule has 0 aliphatic carbocycles. The van der Waals surface area contributed by atoms with E-state index in [-0.39, 0.29) is 11.6 Å². The molecule has 2 N–H and O–H groups in total. The summed E-state index contributed by atoms with van der Waals surface area (Å²) in [6.45, 7) is 6.97. The molecule has 1 aliphatic heterocycles. The number of nitrogens with two attached hydrogens (primary N) is 1. The van der Waals surface area contributed by atoms with Crippen LogP contribution in [0.25, 0.3) is 0 Å². The van der Waals surface area contributed by atoms with E-state index >= 15 is 0 Å². The molecule has 1 atom stereocenters. The SMILES string of the molecule is CCC(CC)(C(N)Cc1ccoc1)N1CCCC1. The molecule has 1 aliphatic rings. The Kier molecular flexibility index (Phi) is 4.46. The van der Waals surface area contributed by atoms with Gasteiger partial charge in [0.2, 0.25) is 0 Å². The van der Waals surface area contributed by atoms with Crippen molar-refractivity contribution in [2.45, 2.75) is 57.5 Å². The molecule has 0 saturated carbocycles. The van der Waals surface area contributed by atoms with Gasteiger partial charge in [-0.3, -0.25) is 4.90 Å². The van der Waals surface area contributed by atoms with Crippen LogP contribution in [-0.2, 0) is 6.42 Å². The molecule has 1 unspecified atom stereocenters. The molecule has 0 spiro atoms. The molecule has 0 amide bonds. The molecule has 0 aromatic carbocycles. The molecule has 2 rings (SSSR count). The zero-order valence-corrected chi connectivity index (χ0v) is 11.7. The summed E-state index contributed by atoms with van der Waals surface area (Å²) in [5, 5.41) is 0. The third-order valence-electron chi connectivity index (χ3n) is 4.69. The fourth-order valence-electron chi connectivity index (χ4n) is 3.47. The highest BCUT2D eigenvalue weighted by atomic mass is 16.3. The maximum Gasteiger partial charge on any atom is 0.0935 e. The van der Waals surface area contributed by atoms with E-state index in [1.807, 2.05) is 12.3 Å². The van der Waals surface area contributed by atoms with E-state index in [4.69, 9.17) is 10.2 Å². The highest BCUT2D eigenvalue weighted by molar-refractivity contribution is 5.11. The highest BCUT2D eigenvalue weighted by Crippen LogP contribution is 2.32. The summed E-state index contributed by atoms with van der Waals surface area (Å²) < 4.78 is 5.15. The van der Waals surface area contributed by atoms with Crippen LogP contribution < -0.4 is 5.73 Å². The van der Waals surface area contributed by atoms with Crippen LogP contribution in [0.4, 0.5) is 0 Å². The van der Waals surface area contributed by atoms with Crippen molar-refractivity contribution in [1.82, 2.24) is 4.90 Å². The van der Waals surface area contributed by atoms with E-state index in [2.05, 4.69) is 18.7 Å². The van der Waals surface area contributed by atoms with Crippen molar-refractivity contribution in [2.24, 2.45) is 5.73 Å². The maximum absolute atomic E-state index is 6.56. The van der Waals surface area contributed by atoms with Gasteiger partial charge < -0.3 is 10.2 Å². The summed E-state index contributed by atoms with van der Waals surface area (Å²) in [7, 11) is 0. The first-order chi connectivity index (χ1) is 8.73. The molecule has 18 heavy (non-hydrogen) atoms. The summed E-state index contributed by atoms with van der Waals surface area (Å²) in [5.41, 5.74) is 7.94. The standard InChI is InChI=1S/C15H26N2O/c1-3-15(4-2,17-8-5-6-9-17)14(16)11-13-7-10-18-12-13/h7,10,12,14H,3-6,8-9,11,16H2,1-2H3. The minimum absolute atomic E-state index is 0.160. The molecular weight excluding hydrogens is 224 g/mol. The van der Waals surface area contributed by atoms with Crippen LogP contribution in [0.2, 0.25) is 0 Å². The van der Waals surface area contributed by atoms with Crippen LogP contribution in [0.3, 0.4) is 0 Å². The van der Waals surface area contributed by atoms with Gasteiger partial charge in [-0.25, -0.2) is 0 Å². The molecule has 102 valence electrons. The number of likely N-dealkylation sites (tertiary alicyclic amines) is 1. The summed E-state index contributed by atoms with van der Waals surface area (Å²) in [6.07, 6.45) is 9.36. The Morgan fingerprint density at radius 1 is 1.33 bits per heavy atom. The average molecular weight is 250 g/mol. The van der Waals surface area contributed by atoms with Crippen molar-refractivity contribution < 1.29 is 4.42 Å². The minimum Gasteiger partial charge on any atom is -0.472 e. The Morgan fingerprint density at radius 3 is 2.50 bits per heavy atom. The number of nitrogens with zero attached hydrogens (tertiary/aromatic N) is 1. The lowest BCUT2D eigenvalue weighted by Gasteiger charge is -2.45. The smallest absolute Gasteiger partial charge is 0.0935 e. The van der Waals surface area contributed by atoms with Gasteiger partial charge in [-0.05, 0) is 56.8 Å². The Hall–Kier alpha value is -0.800. The van der Waals surface area contributed by atoms with Crippen molar-refractivity contribution >= 4 is 0 Å². The van der Waals surface area contributed by atoms with Gasteiger partial charge in [-0.1, -0.05) is 13.8 Å². The predicted molar refractivity (Wildman–Crippen MR) is 74.5 cm³/mol. The van der Waals surface area contributed by atoms with E-state index < -0.39 is 0 Å². The van der Waals surface area contributed by atoms with E-state index in [9.17, 15) is 0 Å². The number of furan rings is 1. The van der Waals surface area contributed by atoms with Crippen molar-refractivity contribution in [1.29, 1.82) is 0 Å². The molecule has 0 radical (unpaired) electrons. The van der Waals surface area contributed by atoms with Crippen molar-refractivity contribution in [2.75, 3.05) is 13.1 Å². The van der Waals surface area contributed by atoms with Crippen LogP contribution in [0.5, 0.6) is 0 Å². The summed E-state index contributed by atoms with van der Waals surface area (Å²) in [5.74, 6) is 0. The fraction of sp³-hybridized carbons (Fsp3) is 0.733. The Morgan fingerprint density at radius 2 is 2.00 bits per heavy atom. The molecule has 1 aromatic rings. The highest BCUT2D eigenvalue weighted by Gasteiger charge is 2.40. The molecule has 1 aromatic heterocycles. The van der Waals surface area contributed by atoms with Crippen LogP contribution in [-0.4, -0.2) is 29.6 Å². The maximum atomic E-state index is 6.56. The fourth-order valence-corrected chi connectivity index (χ4v) is 3.47. The second kappa shape index (κ2) is 5.89. The third-order valence-corrected chi connectivity index (χ3v) is 4.69. The van der Waals surface area contributed by atoms with Crippen LogP contribution in [0, 0.1) is 0 Å². The number of rotatable bonds is 6. The second-order valence-electron chi connectivity index (χ2n) is 5.45. The van der Waals surface area contributed by atoms with Crippen LogP contribution in [0.1, 0.15) is 45.1 Å². The van der Waals surface area contributed by atoms with Crippen molar-refractivity contribution in [3.63, 3.8) is 0 Å². The number of hydrogen-bond acceptors (Lipinski definition) is 3. The van der Waals surface area contributed by atoms with Gasteiger partial charge in [0.25, 0.3) is 0 Å². The Labute approximate surface area is 110 Å². The van der Waals surface area contributed by atoms with Gasteiger partial charge >= 0.3 is 0 Å². The normalized spacial score (nSPS) is 19.3. The third kappa shape index (κ3) is 2.47. The molecule has 3 nitrogen and oxygen atoms in total. The van der Waals surface area contributed by atoms with E-state index in [0.29, 0.717) is 0 Å². The first-order valence-electron chi connectivity index (χ1n) is 7.24. The lowest BCUT2D eigenvalue weighted by atomic mass is 9.80. The molecule has 1 fully saturated rings. The van der Waals surface area contributed by atoms with Crippen LogP contribution >= 0.6 is 0 Å². The molecule has 0 bridgehead atoms. The first-order valence-corrected chi connectivity index (χ1v) is 7.24. The molecular formula is C15H26N2O. The molecule has 3 heteroatoms. The average Bonchev–Trinajstić information content (AvgIpc) is 3.04. The summed E-state index contributed by atoms with van der Waals surface area (Å²) in [6, 6.07) is 2.21. The van der Waals surface area contributed by atoms with E-state index in [1.165, 1.54) is 31.5 Å². The summed E-state index contributed by atoms with van der Waals surface area (Å²) in [4.78, 5) is 2.62. The zero-order chi connectivity index (χ0) is 13.0. The Balaban J connectivity index is 2.12. The summed E-state index contributed by atoms with van der Waals surface area (Å²) >= 11 is 0. The van der Waals surface area contributed by atoms with Crippen LogP contribution in [0.15, 0.2) is 23.0 Å². The van der Waals surface area contributed by atoms with Crippen molar-refractivity contribution in [3.05, 3.63) is 24.2 Å². The van der Waals surface area contributed by atoms with E-state index in [0.717, 1.165) is 19.3 Å². The quantitative estimate of drug-likeness (QED) is 0.844. The van der Waals surface area contributed by atoms with Gasteiger partial charge in [0.1, 0.15) is 0 Å². The van der Waals surface area contributed by atoms with Gasteiger partial charge in [-0.15, -0.1) is 0 Å². The van der Waals surface area contributed by atoms with Gasteiger partial charge in [0.05, 0.1) is 12.5 Å². The predicted octanol–water partition coefficient (Wildman–Crippen LogP) is 2.80. The molecule has 1 saturated heterocycles. The zero-order valence-electron chi connectivity index (χ0n) is 11.7. The largest absolute Gasteiger partial charge is 0.472 e. The lowest BCUT2D eigenvalue weighted by Crippen LogP contribution is -2.59. The van der Waals surface area contributed by atoms with Gasteiger partial charge in [0.15, 0.2) is 0 Å². The topological polar surface area (TPSA) is 42.4 Å². The number of hydrogen-bond donors (Lipinski definition) is 1. The van der Waals surface area contributed by atoms with Crippen molar-refractivity contribution in [3.8, 4) is 0 Å². The lowest BCUT2D eigenvalue weighted by molar-refractivity contribution is 0.0768. The Bertz CT molecular complexity index is 337. The van der Waals surface area contributed by atoms with Gasteiger partial charge in [-0.2, -0.15) is 0 Å². The second-order valence-corrected chi connectivity index (χ2v) is 5.45. The molecule has 2 heterocycles.